The number of hydrogen-bond donors (Lipinski definition) is 2. The fourth-order valence-electron chi connectivity index (χ4n) is 4.68. The zero-order valence-corrected chi connectivity index (χ0v) is 18.9. The van der Waals surface area contributed by atoms with Crippen LogP contribution in [-0.4, -0.2) is 54.4 Å². The Hall–Kier alpha value is -3.72. The Bertz CT molecular complexity index is 1200. The molecule has 2 aromatic carbocycles. The Morgan fingerprint density at radius 3 is 2.79 bits per heavy atom. The number of oxime groups is 1. The fraction of sp³-hybridized carbons (Fsp3) is 0.360. The molecule has 0 fully saturated rings. The molecule has 0 aromatic heterocycles. The SMILES string of the molecule is C=C(C)[C@H]1Cc2c(ccc3c2O[C@@H]2COc4cc(CO)c(OC)cc4[C@@H]2C3=NOCC(=O)O)O1. The number of hydrogen-bond acceptors (Lipinski definition) is 8. The zero-order chi connectivity index (χ0) is 24.0. The number of methoxy groups -OCH3 is 1. The maximum absolute atomic E-state index is 11.1. The normalized spacial score (nSPS) is 22.8. The summed E-state index contributed by atoms with van der Waals surface area (Å²) in [5.74, 6) is 0.920. The first-order valence-corrected chi connectivity index (χ1v) is 10.9. The van der Waals surface area contributed by atoms with E-state index in [1.807, 2.05) is 19.1 Å². The Labute approximate surface area is 196 Å². The van der Waals surface area contributed by atoms with E-state index in [1.54, 1.807) is 12.1 Å². The molecule has 3 heterocycles. The van der Waals surface area contributed by atoms with Gasteiger partial charge in [-0.3, -0.25) is 0 Å². The van der Waals surface area contributed by atoms with Gasteiger partial charge in [0, 0.05) is 28.7 Å². The first kappa shape index (κ1) is 22.1. The lowest BCUT2D eigenvalue weighted by atomic mass is 9.80. The monoisotopic (exact) mass is 467 g/mol. The lowest BCUT2D eigenvalue weighted by molar-refractivity contribution is -0.142. The quantitative estimate of drug-likeness (QED) is 0.492. The second-order valence-corrected chi connectivity index (χ2v) is 8.52. The highest BCUT2D eigenvalue weighted by Gasteiger charge is 2.44. The Morgan fingerprint density at radius 1 is 1.26 bits per heavy atom. The van der Waals surface area contributed by atoms with Gasteiger partial charge in [-0.25, -0.2) is 4.79 Å². The third-order valence-corrected chi connectivity index (χ3v) is 6.31. The van der Waals surface area contributed by atoms with Crippen molar-refractivity contribution in [3.05, 3.63) is 58.7 Å². The smallest absolute Gasteiger partial charge is 0.344 e. The van der Waals surface area contributed by atoms with Crippen LogP contribution in [0.2, 0.25) is 0 Å². The average molecular weight is 467 g/mol. The number of carboxylic acids is 1. The van der Waals surface area contributed by atoms with E-state index in [2.05, 4.69) is 11.7 Å². The first-order chi connectivity index (χ1) is 16.4. The lowest BCUT2D eigenvalue weighted by Gasteiger charge is -2.39. The number of carboxylic acid groups (broad SMARTS) is 1. The first-order valence-electron chi connectivity index (χ1n) is 10.9. The lowest BCUT2D eigenvalue weighted by Crippen LogP contribution is -2.43. The van der Waals surface area contributed by atoms with Crippen molar-refractivity contribution in [1.82, 2.24) is 0 Å². The largest absolute Gasteiger partial charge is 0.496 e. The van der Waals surface area contributed by atoms with E-state index in [1.165, 1.54) is 7.11 Å². The number of aliphatic hydroxyl groups is 1. The molecule has 3 atom stereocenters. The van der Waals surface area contributed by atoms with E-state index >= 15 is 0 Å². The number of rotatable bonds is 6. The Kier molecular flexibility index (Phi) is 5.57. The molecule has 0 saturated heterocycles. The molecule has 178 valence electrons. The molecule has 0 radical (unpaired) electrons. The van der Waals surface area contributed by atoms with Gasteiger partial charge < -0.3 is 34.0 Å². The van der Waals surface area contributed by atoms with E-state index in [-0.39, 0.29) is 19.3 Å². The minimum absolute atomic E-state index is 0.143. The summed E-state index contributed by atoms with van der Waals surface area (Å²) < 4.78 is 24.0. The van der Waals surface area contributed by atoms with Crippen LogP contribution in [0.3, 0.4) is 0 Å². The minimum Gasteiger partial charge on any atom is -0.496 e. The van der Waals surface area contributed by atoms with E-state index < -0.39 is 24.6 Å². The van der Waals surface area contributed by atoms with Gasteiger partial charge in [0.1, 0.15) is 47.5 Å². The van der Waals surface area contributed by atoms with Crippen LogP contribution in [0.5, 0.6) is 23.0 Å². The number of fused-ring (bicyclic) bond motifs is 6. The fourth-order valence-corrected chi connectivity index (χ4v) is 4.68. The standard InChI is InChI=1S/C25H25NO8/c1-12(2)18-8-16-17(33-18)5-4-14-24(26-32-11-22(28)29)23-15-7-19(30-3)13(9-27)6-20(15)31-10-21(23)34-25(14)16/h4-7,18,21,23,27H,1,8-11H2,2-3H3,(H,28,29)/t18-,21-,23+/m1/s1. The van der Waals surface area contributed by atoms with Gasteiger partial charge in [-0.15, -0.1) is 0 Å². The van der Waals surface area contributed by atoms with Crippen molar-refractivity contribution >= 4 is 11.7 Å². The maximum atomic E-state index is 11.1. The Balaban J connectivity index is 1.64. The number of benzene rings is 2. The van der Waals surface area contributed by atoms with E-state index in [9.17, 15) is 9.90 Å². The second-order valence-electron chi connectivity index (χ2n) is 8.52. The van der Waals surface area contributed by atoms with Crippen LogP contribution in [0, 0.1) is 0 Å². The summed E-state index contributed by atoms with van der Waals surface area (Å²) in [6.45, 7) is 5.40. The topological polar surface area (TPSA) is 116 Å². The van der Waals surface area contributed by atoms with Gasteiger partial charge in [0.05, 0.1) is 19.6 Å². The third-order valence-electron chi connectivity index (χ3n) is 6.31. The summed E-state index contributed by atoms with van der Waals surface area (Å²) in [5, 5.41) is 23.0. The van der Waals surface area contributed by atoms with Crippen molar-refractivity contribution in [3.63, 3.8) is 0 Å². The minimum atomic E-state index is -1.12. The highest BCUT2D eigenvalue weighted by Crippen LogP contribution is 2.49. The predicted molar refractivity (Wildman–Crippen MR) is 121 cm³/mol. The predicted octanol–water partition coefficient (Wildman–Crippen LogP) is 2.81. The summed E-state index contributed by atoms with van der Waals surface area (Å²) in [6, 6.07) is 7.25. The maximum Gasteiger partial charge on any atom is 0.344 e. The van der Waals surface area contributed by atoms with Crippen molar-refractivity contribution in [2.45, 2.75) is 38.1 Å². The van der Waals surface area contributed by atoms with Crippen LogP contribution in [0.4, 0.5) is 0 Å². The molecule has 5 rings (SSSR count). The van der Waals surface area contributed by atoms with Crippen molar-refractivity contribution in [2.24, 2.45) is 5.16 Å². The molecule has 2 N–H and O–H groups in total. The van der Waals surface area contributed by atoms with Gasteiger partial charge in [-0.2, -0.15) is 0 Å². The Morgan fingerprint density at radius 2 is 2.09 bits per heavy atom. The van der Waals surface area contributed by atoms with Gasteiger partial charge in [0.25, 0.3) is 0 Å². The van der Waals surface area contributed by atoms with Gasteiger partial charge in [-0.05, 0) is 36.8 Å². The summed E-state index contributed by atoms with van der Waals surface area (Å²) in [5.41, 5.74) is 4.42. The number of aliphatic carboxylic acids is 1. The highest BCUT2D eigenvalue weighted by molar-refractivity contribution is 6.09. The zero-order valence-electron chi connectivity index (χ0n) is 18.9. The summed E-state index contributed by atoms with van der Waals surface area (Å²) >= 11 is 0. The van der Waals surface area contributed by atoms with E-state index in [4.69, 9.17) is 28.9 Å². The number of ether oxygens (including phenoxy) is 4. The van der Waals surface area contributed by atoms with Gasteiger partial charge in [0.15, 0.2) is 0 Å². The van der Waals surface area contributed by atoms with Crippen LogP contribution in [0.25, 0.3) is 0 Å². The van der Waals surface area contributed by atoms with Crippen LogP contribution >= 0.6 is 0 Å². The number of nitrogens with zero attached hydrogens (tertiary/aromatic N) is 1. The average Bonchev–Trinajstić information content (AvgIpc) is 3.27. The van der Waals surface area contributed by atoms with E-state index in [0.29, 0.717) is 40.5 Å². The third kappa shape index (κ3) is 3.62. The van der Waals surface area contributed by atoms with Gasteiger partial charge >= 0.3 is 5.97 Å². The molecule has 34 heavy (non-hydrogen) atoms. The van der Waals surface area contributed by atoms with Gasteiger partial charge in [0.2, 0.25) is 6.61 Å². The van der Waals surface area contributed by atoms with Crippen LogP contribution in [0.1, 0.15) is 35.1 Å². The molecule has 0 spiro atoms. The summed E-state index contributed by atoms with van der Waals surface area (Å²) in [6.07, 6.45) is 0.0304. The molecule has 0 bridgehead atoms. The number of carbonyl (C=O) groups is 1. The van der Waals surface area contributed by atoms with Crippen molar-refractivity contribution in [3.8, 4) is 23.0 Å². The molecular formula is C25H25NO8. The molecule has 0 amide bonds. The van der Waals surface area contributed by atoms with Gasteiger partial charge in [-0.1, -0.05) is 11.7 Å². The molecule has 0 aliphatic carbocycles. The molecule has 3 aliphatic heterocycles. The van der Waals surface area contributed by atoms with Crippen LogP contribution < -0.4 is 18.9 Å². The summed E-state index contributed by atoms with van der Waals surface area (Å²) in [4.78, 5) is 16.3. The summed E-state index contributed by atoms with van der Waals surface area (Å²) in [7, 11) is 1.53. The van der Waals surface area contributed by atoms with Crippen molar-refractivity contribution in [2.75, 3.05) is 20.3 Å². The van der Waals surface area contributed by atoms with Crippen LogP contribution in [0.15, 0.2) is 41.6 Å². The second kappa shape index (κ2) is 8.57. The van der Waals surface area contributed by atoms with Crippen molar-refractivity contribution < 1.29 is 38.8 Å². The van der Waals surface area contributed by atoms with Crippen molar-refractivity contribution in [1.29, 1.82) is 0 Å². The molecule has 2 aromatic rings. The van der Waals surface area contributed by atoms with Crippen LogP contribution in [-0.2, 0) is 22.7 Å². The molecule has 9 nitrogen and oxygen atoms in total. The molecule has 9 heteroatoms. The molecule has 3 aliphatic rings. The number of aliphatic hydroxyl groups excluding tert-OH is 1. The highest BCUT2D eigenvalue weighted by atomic mass is 16.6. The van der Waals surface area contributed by atoms with E-state index in [0.717, 1.165) is 22.4 Å². The molecular weight excluding hydrogens is 442 g/mol. The molecule has 0 unspecified atom stereocenters. The molecule has 0 saturated carbocycles.